The fourth-order valence-electron chi connectivity index (χ4n) is 2.30. The number of hydrogen-bond acceptors (Lipinski definition) is 4. The van der Waals surface area contributed by atoms with Crippen LogP contribution in [0.5, 0.6) is 5.75 Å². The molecule has 1 saturated carbocycles. The molecule has 0 unspecified atom stereocenters. The van der Waals surface area contributed by atoms with Crippen LogP contribution in [0.2, 0.25) is 0 Å². The molecule has 3 nitrogen and oxygen atoms in total. The summed E-state index contributed by atoms with van der Waals surface area (Å²) in [6.07, 6.45) is 2.69. The first-order valence-corrected chi connectivity index (χ1v) is 8.22. The van der Waals surface area contributed by atoms with Gasteiger partial charge < -0.3 is 15.0 Å². The standard InChI is InChI=1S/C17H22N2OS/c1-19(14-5-7-15(20-2)8-6-14)12-17-10-9-16(21-17)11-18-13-3-4-13/h5-10,13,18H,3-4,11-12H2,1-2H3. The van der Waals surface area contributed by atoms with Gasteiger partial charge in [0, 0.05) is 35.1 Å². The molecule has 0 spiro atoms. The number of hydrogen-bond donors (Lipinski definition) is 1. The molecular formula is C17H22N2OS. The molecule has 1 aromatic carbocycles. The van der Waals surface area contributed by atoms with E-state index < -0.39 is 0 Å². The second-order valence-electron chi connectivity index (χ2n) is 5.58. The smallest absolute Gasteiger partial charge is 0.119 e. The molecule has 0 aliphatic heterocycles. The van der Waals surface area contributed by atoms with E-state index in [0.29, 0.717) is 0 Å². The van der Waals surface area contributed by atoms with Crippen LogP contribution in [0.15, 0.2) is 36.4 Å². The number of thiophene rings is 1. The first-order chi connectivity index (χ1) is 10.2. The number of rotatable bonds is 7. The van der Waals surface area contributed by atoms with E-state index in [0.717, 1.165) is 24.9 Å². The summed E-state index contributed by atoms with van der Waals surface area (Å²) in [5.41, 5.74) is 1.21. The van der Waals surface area contributed by atoms with Gasteiger partial charge in [0.05, 0.1) is 13.7 Å². The van der Waals surface area contributed by atoms with Gasteiger partial charge in [0.2, 0.25) is 0 Å². The molecule has 0 bridgehead atoms. The molecule has 21 heavy (non-hydrogen) atoms. The number of nitrogens with zero attached hydrogens (tertiary/aromatic N) is 1. The highest BCUT2D eigenvalue weighted by atomic mass is 32.1. The third-order valence-electron chi connectivity index (χ3n) is 3.77. The Morgan fingerprint density at radius 1 is 1.14 bits per heavy atom. The van der Waals surface area contributed by atoms with E-state index >= 15 is 0 Å². The first kappa shape index (κ1) is 14.4. The lowest BCUT2D eigenvalue weighted by atomic mass is 10.2. The van der Waals surface area contributed by atoms with Crippen LogP contribution in [0.1, 0.15) is 22.6 Å². The minimum Gasteiger partial charge on any atom is -0.497 e. The van der Waals surface area contributed by atoms with Crippen LogP contribution in [0, 0.1) is 0 Å². The van der Waals surface area contributed by atoms with Crippen molar-refractivity contribution in [2.45, 2.75) is 32.0 Å². The molecule has 2 aromatic rings. The maximum absolute atomic E-state index is 5.20. The van der Waals surface area contributed by atoms with Crippen LogP contribution in [0.4, 0.5) is 5.69 Å². The molecule has 3 rings (SSSR count). The van der Waals surface area contributed by atoms with E-state index in [1.165, 1.54) is 28.3 Å². The average Bonchev–Trinajstić information content (AvgIpc) is 3.25. The number of methoxy groups -OCH3 is 1. The summed E-state index contributed by atoms with van der Waals surface area (Å²) in [4.78, 5) is 5.10. The summed E-state index contributed by atoms with van der Waals surface area (Å²) < 4.78 is 5.20. The van der Waals surface area contributed by atoms with Crippen molar-refractivity contribution in [3.8, 4) is 5.75 Å². The van der Waals surface area contributed by atoms with Crippen molar-refractivity contribution in [3.63, 3.8) is 0 Å². The van der Waals surface area contributed by atoms with E-state index in [1.54, 1.807) is 7.11 Å². The number of ether oxygens (including phenoxy) is 1. The molecule has 1 heterocycles. The molecule has 1 N–H and O–H groups in total. The summed E-state index contributed by atoms with van der Waals surface area (Å²) in [6.45, 7) is 1.96. The zero-order chi connectivity index (χ0) is 14.7. The van der Waals surface area contributed by atoms with Crippen LogP contribution < -0.4 is 15.0 Å². The SMILES string of the molecule is COc1ccc(N(C)Cc2ccc(CNC3CC3)s2)cc1. The molecule has 0 amide bonds. The monoisotopic (exact) mass is 302 g/mol. The minimum absolute atomic E-state index is 0.775. The Morgan fingerprint density at radius 3 is 2.52 bits per heavy atom. The highest BCUT2D eigenvalue weighted by Gasteiger charge is 2.20. The van der Waals surface area contributed by atoms with E-state index in [2.05, 4.69) is 41.5 Å². The van der Waals surface area contributed by atoms with Crippen LogP contribution in [0.25, 0.3) is 0 Å². The van der Waals surface area contributed by atoms with E-state index in [1.807, 2.05) is 23.5 Å². The Hall–Kier alpha value is -1.52. The Bertz CT molecular complexity index is 575. The quantitative estimate of drug-likeness (QED) is 0.845. The maximum atomic E-state index is 5.20. The summed E-state index contributed by atoms with van der Waals surface area (Å²) in [5.74, 6) is 0.900. The van der Waals surface area contributed by atoms with Crippen molar-refractivity contribution >= 4 is 17.0 Å². The zero-order valence-electron chi connectivity index (χ0n) is 12.6. The van der Waals surface area contributed by atoms with E-state index in [9.17, 15) is 0 Å². The van der Waals surface area contributed by atoms with Gasteiger partial charge in [-0.2, -0.15) is 0 Å². The second kappa shape index (κ2) is 6.50. The lowest BCUT2D eigenvalue weighted by Gasteiger charge is -2.18. The Morgan fingerprint density at radius 2 is 1.86 bits per heavy atom. The number of anilines is 1. The lowest BCUT2D eigenvalue weighted by molar-refractivity contribution is 0.415. The van der Waals surface area contributed by atoms with Crippen LogP contribution in [-0.4, -0.2) is 20.2 Å². The van der Waals surface area contributed by atoms with E-state index in [4.69, 9.17) is 4.74 Å². The third kappa shape index (κ3) is 3.99. The molecule has 112 valence electrons. The molecular weight excluding hydrogens is 280 g/mol. The second-order valence-corrected chi connectivity index (χ2v) is 6.83. The predicted molar refractivity (Wildman–Crippen MR) is 89.3 cm³/mol. The predicted octanol–water partition coefficient (Wildman–Crippen LogP) is 3.65. The molecule has 4 heteroatoms. The highest BCUT2D eigenvalue weighted by molar-refractivity contribution is 7.12. The van der Waals surface area contributed by atoms with Gasteiger partial charge in [-0.1, -0.05) is 0 Å². The summed E-state index contributed by atoms with van der Waals surface area (Å²) >= 11 is 1.90. The molecule has 1 aromatic heterocycles. The number of benzene rings is 1. The van der Waals surface area contributed by atoms with Gasteiger partial charge in [-0.3, -0.25) is 0 Å². The molecule has 0 radical (unpaired) electrons. The van der Waals surface area contributed by atoms with Crippen LogP contribution >= 0.6 is 11.3 Å². The topological polar surface area (TPSA) is 24.5 Å². The fourth-order valence-corrected chi connectivity index (χ4v) is 3.32. The van der Waals surface area contributed by atoms with Gasteiger partial charge in [-0.25, -0.2) is 0 Å². The van der Waals surface area contributed by atoms with Gasteiger partial charge in [0.15, 0.2) is 0 Å². The van der Waals surface area contributed by atoms with Crippen molar-refractivity contribution in [1.29, 1.82) is 0 Å². The molecule has 1 aliphatic rings. The summed E-state index contributed by atoms with van der Waals surface area (Å²) in [5, 5.41) is 3.57. The van der Waals surface area contributed by atoms with Crippen molar-refractivity contribution in [2.24, 2.45) is 0 Å². The Labute approximate surface area is 130 Å². The Kier molecular flexibility index (Phi) is 4.46. The summed E-state index contributed by atoms with van der Waals surface area (Å²) in [6, 6.07) is 13.5. The fraction of sp³-hybridized carbons (Fsp3) is 0.412. The van der Waals surface area contributed by atoms with Gasteiger partial charge in [-0.15, -0.1) is 11.3 Å². The molecule has 1 fully saturated rings. The third-order valence-corrected chi connectivity index (χ3v) is 4.84. The number of nitrogens with one attached hydrogen (secondary N) is 1. The van der Waals surface area contributed by atoms with Gasteiger partial charge in [0.1, 0.15) is 5.75 Å². The Balaban J connectivity index is 1.56. The normalized spacial score (nSPS) is 14.2. The van der Waals surface area contributed by atoms with Gasteiger partial charge >= 0.3 is 0 Å². The molecule has 1 aliphatic carbocycles. The highest BCUT2D eigenvalue weighted by Crippen LogP contribution is 2.24. The summed E-state index contributed by atoms with van der Waals surface area (Å²) in [7, 11) is 3.82. The lowest BCUT2D eigenvalue weighted by Crippen LogP contribution is -2.15. The van der Waals surface area contributed by atoms with Crippen LogP contribution in [0.3, 0.4) is 0 Å². The van der Waals surface area contributed by atoms with Crippen LogP contribution in [-0.2, 0) is 13.1 Å². The zero-order valence-corrected chi connectivity index (χ0v) is 13.5. The van der Waals surface area contributed by atoms with E-state index in [-0.39, 0.29) is 0 Å². The van der Waals surface area contributed by atoms with Crippen molar-refractivity contribution < 1.29 is 4.74 Å². The van der Waals surface area contributed by atoms with Gasteiger partial charge in [0.25, 0.3) is 0 Å². The first-order valence-electron chi connectivity index (χ1n) is 7.41. The van der Waals surface area contributed by atoms with Crippen molar-refractivity contribution in [2.75, 3.05) is 19.1 Å². The molecule has 0 atom stereocenters. The van der Waals surface area contributed by atoms with Crippen molar-refractivity contribution in [1.82, 2.24) is 5.32 Å². The largest absolute Gasteiger partial charge is 0.497 e. The van der Waals surface area contributed by atoms with Crippen molar-refractivity contribution in [3.05, 3.63) is 46.2 Å². The molecule has 0 saturated heterocycles. The minimum atomic E-state index is 0.775. The van der Waals surface area contributed by atoms with Gasteiger partial charge in [-0.05, 0) is 49.2 Å². The average molecular weight is 302 g/mol. The maximum Gasteiger partial charge on any atom is 0.119 e.